The molecule has 27 heavy (non-hydrogen) atoms. The van der Waals surface area contributed by atoms with E-state index in [1.54, 1.807) is 19.1 Å². The first-order chi connectivity index (χ1) is 13.1. The molecule has 1 heterocycles. The molecule has 0 unspecified atom stereocenters. The molecule has 2 aromatic carbocycles. The number of thiophene rings is 1. The maximum Gasteiger partial charge on any atom is 0.262 e. The SMILES string of the molecule is Cc1ccc(C(=O)NCCNC(=O)c2sccc2-c2ccccc2)cc1F. The normalized spacial score (nSPS) is 10.4. The van der Waals surface area contributed by atoms with Crippen molar-refractivity contribution in [1.82, 2.24) is 10.6 Å². The summed E-state index contributed by atoms with van der Waals surface area (Å²) >= 11 is 1.38. The van der Waals surface area contributed by atoms with Crippen molar-refractivity contribution < 1.29 is 14.0 Å². The fourth-order valence-electron chi connectivity index (χ4n) is 2.60. The second kappa shape index (κ2) is 8.60. The van der Waals surface area contributed by atoms with Crippen LogP contribution in [0.1, 0.15) is 25.6 Å². The van der Waals surface area contributed by atoms with Crippen LogP contribution < -0.4 is 10.6 Å². The van der Waals surface area contributed by atoms with Gasteiger partial charge in [0.25, 0.3) is 11.8 Å². The van der Waals surface area contributed by atoms with Crippen LogP contribution in [0.4, 0.5) is 4.39 Å². The molecule has 0 radical (unpaired) electrons. The summed E-state index contributed by atoms with van der Waals surface area (Å²) in [6.45, 7) is 2.18. The first-order valence-corrected chi connectivity index (χ1v) is 9.39. The quantitative estimate of drug-likeness (QED) is 0.633. The van der Waals surface area contributed by atoms with Crippen molar-refractivity contribution in [2.24, 2.45) is 0 Å². The molecule has 4 nitrogen and oxygen atoms in total. The van der Waals surface area contributed by atoms with Gasteiger partial charge >= 0.3 is 0 Å². The minimum absolute atomic E-state index is 0.181. The molecule has 3 rings (SSSR count). The molecular formula is C21H19FN2O2S. The molecule has 0 saturated heterocycles. The average molecular weight is 382 g/mol. The van der Waals surface area contributed by atoms with Crippen LogP contribution in [0.3, 0.4) is 0 Å². The number of hydrogen-bond acceptors (Lipinski definition) is 3. The average Bonchev–Trinajstić information content (AvgIpc) is 3.17. The zero-order valence-electron chi connectivity index (χ0n) is 14.8. The second-order valence-corrected chi connectivity index (χ2v) is 6.92. The number of aryl methyl sites for hydroxylation is 1. The van der Waals surface area contributed by atoms with Crippen molar-refractivity contribution in [3.8, 4) is 11.1 Å². The number of hydrogen-bond donors (Lipinski definition) is 2. The highest BCUT2D eigenvalue weighted by Crippen LogP contribution is 2.27. The van der Waals surface area contributed by atoms with Crippen LogP contribution in [0.15, 0.2) is 60.0 Å². The lowest BCUT2D eigenvalue weighted by molar-refractivity contribution is 0.0929. The second-order valence-electron chi connectivity index (χ2n) is 6.01. The molecule has 0 aliphatic heterocycles. The Morgan fingerprint density at radius 2 is 1.67 bits per heavy atom. The number of halogens is 1. The van der Waals surface area contributed by atoms with E-state index in [9.17, 15) is 14.0 Å². The van der Waals surface area contributed by atoms with E-state index in [4.69, 9.17) is 0 Å². The van der Waals surface area contributed by atoms with Crippen molar-refractivity contribution in [1.29, 1.82) is 0 Å². The summed E-state index contributed by atoms with van der Waals surface area (Å²) in [6, 6.07) is 16.0. The van der Waals surface area contributed by atoms with E-state index in [1.165, 1.54) is 17.4 Å². The maximum absolute atomic E-state index is 13.5. The molecular weight excluding hydrogens is 363 g/mol. The molecule has 0 aliphatic carbocycles. The van der Waals surface area contributed by atoms with Gasteiger partial charge in [-0.25, -0.2) is 4.39 Å². The van der Waals surface area contributed by atoms with Crippen molar-refractivity contribution in [3.05, 3.63) is 81.8 Å². The fraction of sp³-hybridized carbons (Fsp3) is 0.143. The summed E-state index contributed by atoms with van der Waals surface area (Å²) in [7, 11) is 0. The number of carbonyl (C=O) groups is 2. The van der Waals surface area contributed by atoms with Gasteiger partial charge in [-0.3, -0.25) is 9.59 Å². The van der Waals surface area contributed by atoms with Gasteiger partial charge in [0.2, 0.25) is 0 Å². The lowest BCUT2D eigenvalue weighted by Gasteiger charge is -2.08. The van der Waals surface area contributed by atoms with Crippen LogP contribution in [-0.4, -0.2) is 24.9 Å². The summed E-state index contributed by atoms with van der Waals surface area (Å²) < 4.78 is 13.5. The van der Waals surface area contributed by atoms with Crippen LogP contribution in [0.25, 0.3) is 11.1 Å². The summed E-state index contributed by atoms with van der Waals surface area (Å²) in [4.78, 5) is 25.1. The predicted molar refractivity (Wildman–Crippen MR) is 106 cm³/mol. The first kappa shape index (κ1) is 18.8. The van der Waals surface area contributed by atoms with E-state index in [2.05, 4.69) is 10.6 Å². The van der Waals surface area contributed by atoms with Crippen molar-refractivity contribution in [3.63, 3.8) is 0 Å². The monoisotopic (exact) mass is 382 g/mol. The Morgan fingerprint density at radius 3 is 2.37 bits per heavy atom. The molecule has 6 heteroatoms. The minimum Gasteiger partial charge on any atom is -0.350 e. The predicted octanol–water partition coefficient (Wildman–Crippen LogP) is 4.02. The Morgan fingerprint density at radius 1 is 0.963 bits per heavy atom. The van der Waals surface area contributed by atoms with Crippen LogP contribution in [0.5, 0.6) is 0 Å². The minimum atomic E-state index is -0.415. The van der Waals surface area contributed by atoms with Crippen molar-refractivity contribution >= 4 is 23.2 Å². The Kier molecular flexibility index (Phi) is 5.98. The van der Waals surface area contributed by atoms with Gasteiger partial charge in [0.1, 0.15) is 5.82 Å². The number of benzene rings is 2. The number of amides is 2. The molecule has 2 amide bonds. The first-order valence-electron chi connectivity index (χ1n) is 8.51. The van der Waals surface area contributed by atoms with Crippen LogP contribution >= 0.6 is 11.3 Å². The Labute approximate surface area is 161 Å². The molecule has 0 spiro atoms. The van der Waals surface area contributed by atoms with E-state index < -0.39 is 5.82 Å². The Hall–Kier alpha value is -2.99. The highest BCUT2D eigenvalue weighted by Gasteiger charge is 2.14. The van der Waals surface area contributed by atoms with Crippen LogP contribution in [0, 0.1) is 12.7 Å². The molecule has 0 atom stereocenters. The van der Waals surface area contributed by atoms with Gasteiger partial charge < -0.3 is 10.6 Å². The summed E-state index contributed by atoms with van der Waals surface area (Å²) in [5, 5.41) is 7.36. The van der Waals surface area contributed by atoms with E-state index in [0.29, 0.717) is 10.4 Å². The van der Waals surface area contributed by atoms with Gasteiger partial charge in [0, 0.05) is 24.2 Å². The van der Waals surface area contributed by atoms with E-state index >= 15 is 0 Å². The van der Waals surface area contributed by atoms with Gasteiger partial charge in [0.15, 0.2) is 0 Å². The molecule has 138 valence electrons. The van der Waals surface area contributed by atoms with Crippen LogP contribution in [0.2, 0.25) is 0 Å². The molecule has 2 N–H and O–H groups in total. The largest absolute Gasteiger partial charge is 0.350 e. The van der Waals surface area contributed by atoms with E-state index in [-0.39, 0.29) is 30.5 Å². The third kappa shape index (κ3) is 4.60. The van der Waals surface area contributed by atoms with Gasteiger partial charge in [-0.2, -0.15) is 0 Å². The molecule has 0 aliphatic rings. The van der Waals surface area contributed by atoms with Gasteiger partial charge in [-0.15, -0.1) is 11.3 Å². The highest BCUT2D eigenvalue weighted by molar-refractivity contribution is 7.12. The number of carbonyl (C=O) groups excluding carboxylic acids is 2. The molecule has 1 aromatic heterocycles. The van der Waals surface area contributed by atoms with Crippen molar-refractivity contribution in [2.75, 3.05) is 13.1 Å². The zero-order valence-corrected chi connectivity index (χ0v) is 15.6. The van der Waals surface area contributed by atoms with Crippen molar-refractivity contribution in [2.45, 2.75) is 6.92 Å². The van der Waals surface area contributed by atoms with Gasteiger partial charge in [-0.05, 0) is 41.6 Å². The lowest BCUT2D eigenvalue weighted by Crippen LogP contribution is -2.34. The molecule has 0 bridgehead atoms. The topological polar surface area (TPSA) is 58.2 Å². The van der Waals surface area contributed by atoms with E-state index in [1.807, 2.05) is 41.8 Å². The van der Waals surface area contributed by atoms with Gasteiger partial charge in [-0.1, -0.05) is 36.4 Å². The number of rotatable bonds is 6. The third-order valence-electron chi connectivity index (χ3n) is 4.09. The molecule has 0 fully saturated rings. The summed E-state index contributed by atoms with van der Waals surface area (Å²) in [6.07, 6.45) is 0. The highest BCUT2D eigenvalue weighted by atomic mass is 32.1. The van der Waals surface area contributed by atoms with Gasteiger partial charge in [0.05, 0.1) is 4.88 Å². The number of nitrogens with one attached hydrogen (secondary N) is 2. The summed E-state index contributed by atoms with van der Waals surface area (Å²) in [5.41, 5.74) is 2.62. The lowest BCUT2D eigenvalue weighted by atomic mass is 10.1. The smallest absolute Gasteiger partial charge is 0.262 e. The third-order valence-corrected chi connectivity index (χ3v) is 5.00. The molecule has 3 aromatic rings. The standard InChI is InChI=1S/C21H19FN2O2S/c1-14-7-8-16(13-18(14)22)20(25)23-10-11-24-21(26)19-17(9-12-27-19)15-5-3-2-4-6-15/h2-9,12-13H,10-11H2,1H3,(H,23,25)(H,24,26). The Balaban J connectivity index is 1.53. The van der Waals surface area contributed by atoms with Crippen LogP contribution in [-0.2, 0) is 0 Å². The summed E-state index contributed by atoms with van der Waals surface area (Å²) in [5.74, 6) is -0.967. The molecule has 0 saturated carbocycles. The fourth-order valence-corrected chi connectivity index (χ4v) is 3.43. The maximum atomic E-state index is 13.5. The zero-order chi connectivity index (χ0) is 19.2. The Bertz CT molecular complexity index is 954. The van der Waals surface area contributed by atoms with E-state index in [0.717, 1.165) is 11.1 Å².